The molecule has 0 amide bonds. The Balaban J connectivity index is 2.03. The van der Waals surface area contributed by atoms with Gasteiger partial charge in [0.15, 0.2) is 0 Å². The number of rotatable bonds is 4. The second kappa shape index (κ2) is 5.47. The molecule has 3 nitrogen and oxygen atoms in total. The topological polar surface area (TPSA) is 44.5 Å². The standard InChI is InChI=1S/C13H17NO2S/c1-9-4-5-10(13(14)17)7-12(9)16-8-11-3-2-6-15-11/h4-5,7,11H,2-3,6,8H2,1H3,(H2,14,17). The molecule has 1 fully saturated rings. The molecular weight excluding hydrogens is 234 g/mol. The lowest BCUT2D eigenvalue weighted by Gasteiger charge is -2.14. The average Bonchev–Trinajstić information content (AvgIpc) is 2.80. The van der Waals surface area contributed by atoms with Crippen molar-refractivity contribution in [3.05, 3.63) is 29.3 Å². The molecular formula is C13H17NO2S. The van der Waals surface area contributed by atoms with Crippen molar-refractivity contribution in [1.82, 2.24) is 0 Å². The van der Waals surface area contributed by atoms with Crippen molar-refractivity contribution in [2.24, 2.45) is 5.73 Å². The monoisotopic (exact) mass is 251 g/mol. The second-order valence-electron chi connectivity index (χ2n) is 4.29. The Morgan fingerprint density at radius 1 is 1.59 bits per heavy atom. The summed E-state index contributed by atoms with van der Waals surface area (Å²) < 4.78 is 11.3. The maximum absolute atomic E-state index is 5.77. The quantitative estimate of drug-likeness (QED) is 0.833. The number of aryl methyl sites for hydroxylation is 1. The molecule has 0 bridgehead atoms. The van der Waals surface area contributed by atoms with E-state index in [1.807, 2.05) is 25.1 Å². The lowest BCUT2D eigenvalue weighted by molar-refractivity contribution is 0.0677. The summed E-state index contributed by atoms with van der Waals surface area (Å²) in [6.07, 6.45) is 2.43. The van der Waals surface area contributed by atoms with Gasteiger partial charge < -0.3 is 15.2 Å². The van der Waals surface area contributed by atoms with E-state index in [2.05, 4.69) is 0 Å². The molecule has 1 heterocycles. The summed E-state index contributed by atoms with van der Waals surface area (Å²) in [6.45, 7) is 3.45. The van der Waals surface area contributed by atoms with Gasteiger partial charge in [-0.3, -0.25) is 0 Å². The molecule has 0 spiro atoms. The smallest absolute Gasteiger partial charge is 0.123 e. The SMILES string of the molecule is Cc1ccc(C(N)=S)cc1OCC1CCCO1. The zero-order valence-corrected chi connectivity index (χ0v) is 10.8. The number of hydrogen-bond donors (Lipinski definition) is 1. The minimum absolute atomic E-state index is 0.225. The maximum atomic E-state index is 5.77. The van der Waals surface area contributed by atoms with Gasteiger partial charge in [-0.15, -0.1) is 0 Å². The van der Waals surface area contributed by atoms with E-state index in [0.717, 1.165) is 36.3 Å². The molecule has 1 atom stereocenters. The van der Waals surface area contributed by atoms with Crippen molar-refractivity contribution >= 4 is 17.2 Å². The van der Waals surface area contributed by atoms with E-state index in [4.69, 9.17) is 27.4 Å². The minimum atomic E-state index is 0.225. The molecule has 0 aromatic heterocycles. The number of thiocarbonyl (C=S) groups is 1. The molecule has 0 radical (unpaired) electrons. The van der Waals surface area contributed by atoms with Crippen LogP contribution in [0.25, 0.3) is 0 Å². The van der Waals surface area contributed by atoms with E-state index in [1.165, 1.54) is 0 Å². The largest absolute Gasteiger partial charge is 0.491 e. The van der Waals surface area contributed by atoms with Gasteiger partial charge in [0.1, 0.15) is 17.3 Å². The van der Waals surface area contributed by atoms with Gasteiger partial charge in [-0.2, -0.15) is 0 Å². The van der Waals surface area contributed by atoms with Crippen LogP contribution in [0.4, 0.5) is 0 Å². The van der Waals surface area contributed by atoms with Crippen LogP contribution < -0.4 is 10.5 Å². The molecule has 1 aromatic rings. The fraction of sp³-hybridized carbons (Fsp3) is 0.462. The van der Waals surface area contributed by atoms with Crippen molar-refractivity contribution in [2.75, 3.05) is 13.2 Å². The van der Waals surface area contributed by atoms with Crippen molar-refractivity contribution in [3.8, 4) is 5.75 Å². The van der Waals surface area contributed by atoms with Gasteiger partial charge in [-0.05, 0) is 31.4 Å². The predicted molar refractivity (Wildman–Crippen MR) is 71.5 cm³/mol. The summed E-state index contributed by atoms with van der Waals surface area (Å²) in [5.74, 6) is 0.839. The molecule has 17 heavy (non-hydrogen) atoms. The van der Waals surface area contributed by atoms with E-state index >= 15 is 0 Å². The van der Waals surface area contributed by atoms with Gasteiger partial charge in [0.2, 0.25) is 0 Å². The van der Waals surface area contributed by atoms with Gasteiger partial charge in [0.25, 0.3) is 0 Å². The zero-order valence-electron chi connectivity index (χ0n) is 9.94. The molecule has 1 aromatic carbocycles. The second-order valence-corrected chi connectivity index (χ2v) is 4.73. The Hall–Kier alpha value is -1.13. The highest BCUT2D eigenvalue weighted by Gasteiger charge is 2.16. The molecule has 0 aliphatic carbocycles. The Morgan fingerprint density at radius 3 is 3.06 bits per heavy atom. The van der Waals surface area contributed by atoms with Crippen molar-refractivity contribution in [2.45, 2.75) is 25.9 Å². The summed E-state index contributed by atoms with van der Waals surface area (Å²) in [5, 5.41) is 0. The van der Waals surface area contributed by atoms with Crippen LogP contribution in [-0.2, 0) is 4.74 Å². The molecule has 2 N–H and O–H groups in total. The number of ether oxygens (including phenoxy) is 2. The summed E-state index contributed by atoms with van der Waals surface area (Å²) in [4.78, 5) is 0.395. The lowest BCUT2D eigenvalue weighted by Crippen LogP contribution is -2.17. The number of hydrogen-bond acceptors (Lipinski definition) is 3. The van der Waals surface area contributed by atoms with Crippen LogP contribution in [0.5, 0.6) is 5.75 Å². The fourth-order valence-electron chi connectivity index (χ4n) is 1.87. The van der Waals surface area contributed by atoms with Gasteiger partial charge in [-0.25, -0.2) is 0 Å². The fourth-order valence-corrected chi connectivity index (χ4v) is 1.99. The van der Waals surface area contributed by atoms with Crippen LogP contribution in [0.1, 0.15) is 24.0 Å². The van der Waals surface area contributed by atoms with Crippen LogP contribution in [-0.4, -0.2) is 24.3 Å². The molecule has 92 valence electrons. The van der Waals surface area contributed by atoms with Gasteiger partial charge >= 0.3 is 0 Å². The first-order valence-electron chi connectivity index (χ1n) is 5.81. The van der Waals surface area contributed by atoms with Gasteiger partial charge in [-0.1, -0.05) is 24.4 Å². The summed E-state index contributed by atoms with van der Waals surface area (Å²) in [7, 11) is 0. The van der Waals surface area contributed by atoms with Crippen molar-refractivity contribution < 1.29 is 9.47 Å². The molecule has 1 aliphatic heterocycles. The normalized spacial score (nSPS) is 19.2. The van der Waals surface area contributed by atoms with E-state index in [1.54, 1.807) is 0 Å². The molecule has 4 heteroatoms. The van der Waals surface area contributed by atoms with Crippen LogP contribution in [0.2, 0.25) is 0 Å². The van der Waals surface area contributed by atoms with E-state index in [-0.39, 0.29) is 6.10 Å². The average molecular weight is 251 g/mol. The van der Waals surface area contributed by atoms with Gasteiger partial charge in [0.05, 0.1) is 6.10 Å². The molecule has 1 aliphatic rings. The Kier molecular flexibility index (Phi) is 3.97. The summed E-state index contributed by atoms with van der Waals surface area (Å²) in [6, 6.07) is 5.78. The predicted octanol–water partition coefficient (Wildman–Crippen LogP) is 2.19. The van der Waals surface area contributed by atoms with Crippen molar-refractivity contribution in [1.29, 1.82) is 0 Å². The third-order valence-corrected chi connectivity index (χ3v) is 3.16. The van der Waals surface area contributed by atoms with Crippen LogP contribution >= 0.6 is 12.2 Å². The lowest BCUT2D eigenvalue weighted by atomic mass is 10.1. The van der Waals surface area contributed by atoms with Crippen LogP contribution in [0.3, 0.4) is 0 Å². The van der Waals surface area contributed by atoms with E-state index in [0.29, 0.717) is 11.6 Å². The molecule has 0 saturated carbocycles. The number of benzene rings is 1. The first kappa shape index (κ1) is 12.3. The zero-order chi connectivity index (χ0) is 12.3. The third kappa shape index (κ3) is 3.17. The first-order valence-corrected chi connectivity index (χ1v) is 6.22. The molecule has 1 unspecified atom stereocenters. The third-order valence-electron chi connectivity index (χ3n) is 2.92. The highest BCUT2D eigenvalue weighted by molar-refractivity contribution is 7.80. The van der Waals surface area contributed by atoms with E-state index < -0.39 is 0 Å². The van der Waals surface area contributed by atoms with E-state index in [9.17, 15) is 0 Å². The Labute approximate surface area is 107 Å². The highest BCUT2D eigenvalue weighted by Crippen LogP contribution is 2.21. The highest BCUT2D eigenvalue weighted by atomic mass is 32.1. The molecule has 2 rings (SSSR count). The van der Waals surface area contributed by atoms with Crippen molar-refractivity contribution in [3.63, 3.8) is 0 Å². The summed E-state index contributed by atoms with van der Waals surface area (Å²) >= 11 is 4.95. The summed E-state index contributed by atoms with van der Waals surface area (Å²) in [5.41, 5.74) is 7.53. The Morgan fingerprint density at radius 2 is 2.41 bits per heavy atom. The van der Waals surface area contributed by atoms with Gasteiger partial charge in [0, 0.05) is 12.2 Å². The Bertz CT molecular complexity index is 414. The minimum Gasteiger partial charge on any atom is -0.491 e. The first-order chi connectivity index (χ1) is 8.16. The maximum Gasteiger partial charge on any atom is 0.123 e. The number of nitrogens with two attached hydrogens (primary N) is 1. The van der Waals surface area contributed by atoms with Crippen LogP contribution in [0, 0.1) is 6.92 Å². The molecule has 1 saturated heterocycles. The van der Waals surface area contributed by atoms with Crippen LogP contribution in [0.15, 0.2) is 18.2 Å².